The number of amides is 1. The van der Waals surface area contributed by atoms with Crippen molar-refractivity contribution >= 4 is 23.2 Å². The first-order chi connectivity index (χ1) is 17.2. The molecule has 4 rings (SSSR count). The summed E-state index contributed by atoms with van der Waals surface area (Å²) in [5.41, 5.74) is 8.47. The van der Waals surface area contributed by atoms with E-state index in [9.17, 15) is 4.79 Å². The number of nitrogens with two attached hydrogens (primary N) is 1. The number of rotatable bonds is 10. The molecule has 0 unspecified atom stereocenters. The second kappa shape index (κ2) is 11.1. The monoisotopic (exact) mass is 507 g/mol. The van der Waals surface area contributed by atoms with E-state index >= 15 is 0 Å². The quantitative estimate of drug-likeness (QED) is 0.330. The lowest BCUT2D eigenvalue weighted by molar-refractivity contribution is -0.126. The highest BCUT2D eigenvalue weighted by molar-refractivity contribution is 6.31. The molecule has 9 heteroatoms. The van der Waals surface area contributed by atoms with E-state index in [0.717, 1.165) is 16.7 Å². The lowest BCUT2D eigenvalue weighted by Crippen LogP contribution is -2.50. The van der Waals surface area contributed by atoms with Crippen LogP contribution in [0.15, 0.2) is 66.9 Å². The molecule has 0 bridgehead atoms. The summed E-state index contributed by atoms with van der Waals surface area (Å²) in [6.45, 7) is 6.16. The number of ether oxygens (including phenoxy) is 2. The first-order valence-corrected chi connectivity index (χ1v) is 12.0. The largest absolute Gasteiger partial charge is 0.485 e. The number of pyridine rings is 1. The fourth-order valence-electron chi connectivity index (χ4n) is 3.62. The summed E-state index contributed by atoms with van der Waals surface area (Å²) in [6.07, 6.45) is 1.83. The van der Waals surface area contributed by atoms with Crippen molar-refractivity contribution in [1.82, 2.24) is 19.9 Å². The Morgan fingerprint density at radius 2 is 1.86 bits per heavy atom. The van der Waals surface area contributed by atoms with Crippen LogP contribution in [0.25, 0.3) is 5.65 Å². The van der Waals surface area contributed by atoms with E-state index < -0.39 is 11.6 Å². The van der Waals surface area contributed by atoms with Crippen molar-refractivity contribution in [3.8, 4) is 5.75 Å². The zero-order valence-electron chi connectivity index (χ0n) is 20.6. The van der Waals surface area contributed by atoms with Crippen LogP contribution < -0.4 is 15.8 Å². The van der Waals surface area contributed by atoms with Crippen molar-refractivity contribution in [2.24, 2.45) is 5.73 Å². The number of hydrogen-bond donors (Lipinski definition) is 2. The number of nitrogens with one attached hydrogen (secondary N) is 1. The molecule has 36 heavy (non-hydrogen) atoms. The van der Waals surface area contributed by atoms with E-state index in [0.29, 0.717) is 35.5 Å². The van der Waals surface area contributed by atoms with Crippen molar-refractivity contribution in [2.45, 2.75) is 45.6 Å². The van der Waals surface area contributed by atoms with Gasteiger partial charge in [0.2, 0.25) is 11.6 Å². The summed E-state index contributed by atoms with van der Waals surface area (Å²) in [5.74, 6) is 0.751. The van der Waals surface area contributed by atoms with Gasteiger partial charge >= 0.3 is 0 Å². The standard InChI is InChI=1S/C27H30ClN5O3/c1-18-20(11-7-12-21(18)28)16-36-23-13-8-14-33-24(31-32-25(23)33)22(30-26(34)27(2,3)29)17-35-15-19-9-5-4-6-10-19/h4-14,22H,15-17,29H2,1-3H3,(H,30,34)/t22-/m1/s1. The summed E-state index contributed by atoms with van der Waals surface area (Å²) in [7, 11) is 0. The number of hydrogen-bond acceptors (Lipinski definition) is 6. The van der Waals surface area contributed by atoms with E-state index in [1.165, 1.54) is 0 Å². The Labute approximate surface area is 215 Å². The molecule has 1 atom stereocenters. The number of nitrogens with zero attached hydrogens (tertiary/aromatic N) is 3. The van der Waals surface area contributed by atoms with Crippen LogP contribution in [0, 0.1) is 6.92 Å². The average Bonchev–Trinajstić information content (AvgIpc) is 3.29. The lowest BCUT2D eigenvalue weighted by Gasteiger charge is -2.23. The summed E-state index contributed by atoms with van der Waals surface area (Å²) in [4.78, 5) is 12.7. The van der Waals surface area contributed by atoms with Crippen LogP contribution in [0.3, 0.4) is 0 Å². The van der Waals surface area contributed by atoms with E-state index in [2.05, 4.69) is 15.5 Å². The molecule has 0 spiro atoms. The Balaban J connectivity index is 1.57. The van der Waals surface area contributed by atoms with Gasteiger partial charge in [-0.2, -0.15) is 0 Å². The predicted octanol–water partition coefficient (Wildman–Crippen LogP) is 4.38. The third-order valence-corrected chi connectivity index (χ3v) is 6.20. The average molecular weight is 508 g/mol. The van der Waals surface area contributed by atoms with Crippen LogP contribution in [0.4, 0.5) is 0 Å². The minimum atomic E-state index is -1.07. The van der Waals surface area contributed by atoms with Crippen LogP contribution in [-0.4, -0.2) is 32.7 Å². The Bertz CT molecular complexity index is 1330. The highest BCUT2D eigenvalue weighted by Crippen LogP contribution is 2.25. The fourth-order valence-corrected chi connectivity index (χ4v) is 3.81. The first-order valence-electron chi connectivity index (χ1n) is 11.7. The van der Waals surface area contributed by atoms with Gasteiger partial charge in [0.25, 0.3) is 0 Å². The van der Waals surface area contributed by atoms with Gasteiger partial charge in [0.1, 0.15) is 12.6 Å². The van der Waals surface area contributed by atoms with Gasteiger partial charge in [-0.1, -0.05) is 54.1 Å². The molecule has 0 aliphatic carbocycles. The third-order valence-electron chi connectivity index (χ3n) is 5.79. The molecule has 8 nitrogen and oxygen atoms in total. The minimum Gasteiger partial charge on any atom is -0.485 e. The Morgan fingerprint density at radius 1 is 1.08 bits per heavy atom. The maximum absolute atomic E-state index is 12.7. The first kappa shape index (κ1) is 25.6. The molecule has 1 amide bonds. The van der Waals surface area contributed by atoms with Crippen molar-refractivity contribution in [3.05, 3.63) is 94.4 Å². The van der Waals surface area contributed by atoms with E-state index in [4.69, 9.17) is 26.8 Å². The summed E-state index contributed by atoms with van der Waals surface area (Å²) < 4.78 is 13.8. The second-order valence-corrected chi connectivity index (χ2v) is 9.59. The number of fused-ring (bicyclic) bond motifs is 1. The molecule has 2 aromatic heterocycles. The van der Waals surface area contributed by atoms with Crippen LogP contribution in [-0.2, 0) is 22.7 Å². The molecule has 0 aliphatic rings. The van der Waals surface area contributed by atoms with Gasteiger partial charge in [-0.15, -0.1) is 10.2 Å². The third kappa shape index (κ3) is 6.02. The zero-order valence-corrected chi connectivity index (χ0v) is 21.3. The molecule has 2 heterocycles. The highest BCUT2D eigenvalue weighted by Gasteiger charge is 2.28. The SMILES string of the molecule is Cc1c(Cl)cccc1COc1cccn2c([C@@H](COCc3ccccc3)NC(=O)C(C)(C)N)nnc12. The van der Waals surface area contributed by atoms with Crippen molar-refractivity contribution < 1.29 is 14.3 Å². The summed E-state index contributed by atoms with van der Waals surface area (Å²) in [6, 6.07) is 18.6. The molecule has 0 radical (unpaired) electrons. The van der Waals surface area contributed by atoms with Gasteiger partial charge in [-0.25, -0.2) is 0 Å². The van der Waals surface area contributed by atoms with Crippen LogP contribution >= 0.6 is 11.6 Å². The Hall–Kier alpha value is -3.46. The molecule has 0 saturated heterocycles. The highest BCUT2D eigenvalue weighted by atomic mass is 35.5. The Kier molecular flexibility index (Phi) is 7.88. The zero-order chi connectivity index (χ0) is 25.7. The minimum absolute atomic E-state index is 0.185. The molecule has 0 aliphatic heterocycles. The maximum atomic E-state index is 12.7. The topological polar surface area (TPSA) is 104 Å². The van der Waals surface area contributed by atoms with E-state index in [-0.39, 0.29) is 12.5 Å². The smallest absolute Gasteiger partial charge is 0.240 e. The molecule has 3 N–H and O–H groups in total. The molecule has 188 valence electrons. The maximum Gasteiger partial charge on any atom is 0.240 e. The van der Waals surface area contributed by atoms with Gasteiger partial charge in [-0.05, 0) is 55.7 Å². The lowest BCUT2D eigenvalue weighted by atomic mass is 10.1. The number of halogens is 1. The molecular formula is C27H30ClN5O3. The van der Waals surface area contributed by atoms with Crippen molar-refractivity contribution in [2.75, 3.05) is 6.61 Å². The number of benzene rings is 2. The molecule has 0 fully saturated rings. The van der Waals surface area contributed by atoms with Crippen molar-refractivity contribution in [1.29, 1.82) is 0 Å². The molecule has 2 aromatic carbocycles. The fraction of sp³-hybridized carbons (Fsp3) is 0.296. The van der Waals surface area contributed by atoms with Crippen LogP contribution in [0.1, 0.15) is 42.4 Å². The van der Waals surface area contributed by atoms with Gasteiger partial charge in [0, 0.05) is 11.2 Å². The van der Waals surface area contributed by atoms with Gasteiger partial charge in [0.05, 0.1) is 18.8 Å². The van der Waals surface area contributed by atoms with Crippen molar-refractivity contribution in [3.63, 3.8) is 0 Å². The molecule has 0 saturated carbocycles. The molecular weight excluding hydrogens is 478 g/mol. The van der Waals surface area contributed by atoms with E-state index in [1.54, 1.807) is 18.2 Å². The second-order valence-electron chi connectivity index (χ2n) is 9.19. The normalized spacial score (nSPS) is 12.5. The number of aromatic nitrogens is 3. The van der Waals surface area contributed by atoms with Gasteiger partial charge < -0.3 is 20.5 Å². The summed E-state index contributed by atoms with van der Waals surface area (Å²) in [5, 5.41) is 12.4. The summed E-state index contributed by atoms with van der Waals surface area (Å²) >= 11 is 6.25. The van der Waals surface area contributed by atoms with E-state index in [1.807, 2.05) is 73.8 Å². The number of carbonyl (C=O) groups excluding carboxylic acids is 1. The van der Waals surface area contributed by atoms with Gasteiger partial charge in [-0.3, -0.25) is 9.20 Å². The Morgan fingerprint density at radius 3 is 2.61 bits per heavy atom. The predicted molar refractivity (Wildman–Crippen MR) is 139 cm³/mol. The van der Waals surface area contributed by atoms with Crippen LogP contribution in [0.2, 0.25) is 5.02 Å². The van der Waals surface area contributed by atoms with Crippen LogP contribution in [0.5, 0.6) is 5.75 Å². The molecule has 4 aromatic rings. The van der Waals surface area contributed by atoms with Gasteiger partial charge in [0.15, 0.2) is 11.6 Å². The number of carbonyl (C=O) groups is 1.